The predicted octanol–water partition coefficient (Wildman–Crippen LogP) is 7.48. The third-order valence-electron chi connectivity index (χ3n) is 5.84. The van der Waals surface area contributed by atoms with E-state index in [0.717, 1.165) is 38.9 Å². The van der Waals surface area contributed by atoms with Crippen LogP contribution in [0.1, 0.15) is 11.5 Å². The molecule has 0 radical (unpaired) electrons. The number of nitrogens with zero attached hydrogens (tertiary/aromatic N) is 4. The maximum absolute atomic E-state index is 4.85. The molecule has 5 aromatic rings. The highest BCUT2D eigenvalue weighted by atomic mass is 15.0. The first-order valence-electron chi connectivity index (χ1n) is 11.4. The number of rotatable bonds is 6. The van der Waals surface area contributed by atoms with E-state index in [0.29, 0.717) is 17.5 Å². The van der Waals surface area contributed by atoms with Crippen molar-refractivity contribution >= 4 is 16.3 Å². The number of allylic oxidation sites excluding steroid dienone is 4. The van der Waals surface area contributed by atoms with Gasteiger partial charge in [0.05, 0.1) is 0 Å². The van der Waals surface area contributed by atoms with E-state index < -0.39 is 0 Å². The third-order valence-corrected chi connectivity index (χ3v) is 5.84. The summed E-state index contributed by atoms with van der Waals surface area (Å²) in [6.07, 6.45) is 7.21. The Morgan fingerprint density at radius 3 is 2.20 bits per heavy atom. The Kier molecular flexibility index (Phi) is 6.10. The van der Waals surface area contributed by atoms with Gasteiger partial charge in [0.2, 0.25) is 0 Å². The van der Waals surface area contributed by atoms with Gasteiger partial charge in [-0.1, -0.05) is 104 Å². The highest BCUT2D eigenvalue weighted by Gasteiger charge is 2.14. The molecule has 4 heteroatoms. The number of benzene rings is 3. The van der Waals surface area contributed by atoms with Gasteiger partial charge in [-0.2, -0.15) is 0 Å². The van der Waals surface area contributed by atoms with E-state index in [1.54, 1.807) is 12.2 Å². The Balaban J connectivity index is 1.71. The topological polar surface area (TPSA) is 51.6 Å². The monoisotopic (exact) mass is 452 g/mol. The van der Waals surface area contributed by atoms with E-state index in [4.69, 9.17) is 15.0 Å². The fourth-order valence-corrected chi connectivity index (χ4v) is 4.15. The second kappa shape index (κ2) is 9.65. The summed E-state index contributed by atoms with van der Waals surface area (Å²) < 4.78 is 0. The first-order valence-corrected chi connectivity index (χ1v) is 11.4. The smallest absolute Gasteiger partial charge is 0.164 e. The normalized spacial score (nSPS) is 11.4. The molecule has 0 bridgehead atoms. The first kappa shape index (κ1) is 22.1. The second-order valence-corrected chi connectivity index (χ2v) is 8.12. The quantitative estimate of drug-likeness (QED) is 0.251. The zero-order valence-electron chi connectivity index (χ0n) is 19.5. The molecule has 0 spiro atoms. The van der Waals surface area contributed by atoms with E-state index >= 15 is 0 Å². The zero-order valence-corrected chi connectivity index (χ0v) is 19.5. The minimum Gasteiger partial charge on any atom is -0.260 e. The molecule has 168 valence electrons. The average Bonchev–Trinajstić information content (AvgIpc) is 2.92. The van der Waals surface area contributed by atoms with Crippen molar-refractivity contribution in [2.45, 2.75) is 6.92 Å². The Morgan fingerprint density at radius 1 is 0.743 bits per heavy atom. The number of pyridine rings is 1. The lowest BCUT2D eigenvalue weighted by Gasteiger charge is -2.12. The molecule has 3 aromatic carbocycles. The Bertz CT molecular complexity index is 1580. The Labute approximate surface area is 205 Å². The van der Waals surface area contributed by atoms with Crippen LogP contribution in [0.4, 0.5) is 0 Å². The van der Waals surface area contributed by atoms with E-state index in [9.17, 15) is 0 Å². The maximum Gasteiger partial charge on any atom is 0.164 e. The average molecular weight is 453 g/mol. The molecular formula is C31H24N4. The maximum atomic E-state index is 4.85. The molecule has 0 saturated heterocycles. The van der Waals surface area contributed by atoms with Gasteiger partial charge in [-0.05, 0) is 23.9 Å². The number of hydrogen-bond acceptors (Lipinski definition) is 4. The van der Waals surface area contributed by atoms with E-state index in [2.05, 4.69) is 48.5 Å². The van der Waals surface area contributed by atoms with Gasteiger partial charge in [-0.25, -0.2) is 15.0 Å². The molecule has 0 amide bonds. The van der Waals surface area contributed by atoms with Gasteiger partial charge in [0, 0.05) is 39.5 Å². The summed E-state index contributed by atoms with van der Waals surface area (Å²) in [6, 6.07) is 26.5. The van der Waals surface area contributed by atoms with Crippen LogP contribution in [0, 0.1) is 6.92 Å². The van der Waals surface area contributed by atoms with Crippen molar-refractivity contribution in [3.63, 3.8) is 0 Å². The van der Waals surface area contributed by atoms with E-state index in [1.165, 1.54) is 5.39 Å². The summed E-state index contributed by atoms with van der Waals surface area (Å²) in [5.74, 6) is 1.76. The highest BCUT2D eigenvalue weighted by molar-refractivity contribution is 5.97. The number of aromatic nitrogens is 4. The molecule has 35 heavy (non-hydrogen) atoms. The molecule has 0 unspecified atom stereocenters. The summed E-state index contributed by atoms with van der Waals surface area (Å²) in [5, 5.41) is 2.28. The molecule has 0 aliphatic rings. The van der Waals surface area contributed by atoms with Crippen LogP contribution in [0.3, 0.4) is 0 Å². The molecule has 2 heterocycles. The SMILES string of the molecule is C=C/C=C(\C=C)c1nc(-c2ccccc2)nc(-c2cccc(-c3c(C)ncc4ccccc34)c2)n1. The van der Waals surface area contributed by atoms with Gasteiger partial charge in [0.25, 0.3) is 0 Å². The number of fused-ring (bicyclic) bond motifs is 1. The third kappa shape index (κ3) is 4.42. The van der Waals surface area contributed by atoms with Gasteiger partial charge in [0.15, 0.2) is 17.5 Å². The van der Waals surface area contributed by atoms with Crippen LogP contribution in [-0.4, -0.2) is 19.9 Å². The molecule has 0 aliphatic carbocycles. The minimum absolute atomic E-state index is 0.553. The molecule has 5 rings (SSSR count). The fourth-order valence-electron chi connectivity index (χ4n) is 4.15. The van der Waals surface area contributed by atoms with Crippen molar-refractivity contribution in [3.05, 3.63) is 128 Å². The lowest BCUT2D eigenvalue weighted by molar-refractivity contribution is 1.04. The molecule has 0 atom stereocenters. The highest BCUT2D eigenvalue weighted by Crippen LogP contribution is 2.33. The fraction of sp³-hybridized carbons (Fsp3) is 0.0323. The van der Waals surface area contributed by atoms with Crippen LogP contribution in [-0.2, 0) is 0 Å². The minimum atomic E-state index is 0.553. The van der Waals surface area contributed by atoms with Gasteiger partial charge in [0.1, 0.15) is 0 Å². The molecule has 0 N–H and O–H groups in total. The summed E-state index contributed by atoms with van der Waals surface area (Å²) in [6.45, 7) is 9.78. The summed E-state index contributed by atoms with van der Waals surface area (Å²) >= 11 is 0. The summed E-state index contributed by atoms with van der Waals surface area (Å²) in [7, 11) is 0. The summed E-state index contributed by atoms with van der Waals surface area (Å²) in [5.41, 5.74) is 5.76. The lowest BCUT2D eigenvalue weighted by atomic mass is 9.96. The molecule has 2 aromatic heterocycles. The first-order chi connectivity index (χ1) is 17.2. The van der Waals surface area contributed by atoms with Crippen LogP contribution in [0.2, 0.25) is 0 Å². The van der Waals surface area contributed by atoms with E-state index in [-0.39, 0.29) is 0 Å². The zero-order chi connectivity index (χ0) is 24.2. The largest absolute Gasteiger partial charge is 0.260 e. The van der Waals surface area contributed by atoms with Crippen molar-refractivity contribution < 1.29 is 0 Å². The second-order valence-electron chi connectivity index (χ2n) is 8.12. The van der Waals surface area contributed by atoms with Crippen molar-refractivity contribution in [2.24, 2.45) is 0 Å². The van der Waals surface area contributed by atoms with Crippen LogP contribution < -0.4 is 0 Å². The van der Waals surface area contributed by atoms with Gasteiger partial charge in [-0.15, -0.1) is 0 Å². The summed E-state index contributed by atoms with van der Waals surface area (Å²) in [4.78, 5) is 19.0. The lowest BCUT2D eigenvalue weighted by Crippen LogP contribution is -2.02. The molecule has 0 aliphatic heterocycles. The number of aryl methyl sites for hydroxylation is 1. The van der Waals surface area contributed by atoms with Crippen molar-refractivity contribution in [3.8, 4) is 33.9 Å². The Morgan fingerprint density at radius 2 is 1.43 bits per heavy atom. The van der Waals surface area contributed by atoms with Crippen molar-refractivity contribution in [1.29, 1.82) is 0 Å². The predicted molar refractivity (Wildman–Crippen MR) is 145 cm³/mol. The van der Waals surface area contributed by atoms with Crippen LogP contribution in [0.15, 0.2) is 116 Å². The molecular weight excluding hydrogens is 428 g/mol. The molecule has 0 fully saturated rings. The standard InChI is InChI=1S/C31H24N4/c1-4-12-22(5-2)29-33-30(23-13-7-6-8-14-23)35-31(34-29)25-17-11-16-24(19-25)28-21(3)32-20-26-15-9-10-18-27(26)28/h4-20H,1-2H2,3H3/b22-12+. The van der Waals surface area contributed by atoms with Gasteiger partial charge < -0.3 is 0 Å². The van der Waals surface area contributed by atoms with Crippen molar-refractivity contribution in [1.82, 2.24) is 19.9 Å². The van der Waals surface area contributed by atoms with Gasteiger partial charge in [-0.3, -0.25) is 4.98 Å². The molecule has 0 saturated carbocycles. The van der Waals surface area contributed by atoms with E-state index in [1.807, 2.05) is 67.7 Å². The van der Waals surface area contributed by atoms with Crippen molar-refractivity contribution in [2.75, 3.05) is 0 Å². The van der Waals surface area contributed by atoms with Crippen LogP contribution >= 0.6 is 0 Å². The van der Waals surface area contributed by atoms with Crippen LogP contribution in [0.5, 0.6) is 0 Å². The van der Waals surface area contributed by atoms with Crippen LogP contribution in [0.25, 0.3) is 50.2 Å². The van der Waals surface area contributed by atoms with Gasteiger partial charge >= 0.3 is 0 Å². The number of hydrogen-bond donors (Lipinski definition) is 0. The molecule has 4 nitrogen and oxygen atoms in total. The Hall–Kier alpha value is -4.70.